The van der Waals surface area contributed by atoms with E-state index in [9.17, 15) is 0 Å². The summed E-state index contributed by atoms with van der Waals surface area (Å²) in [5.41, 5.74) is 0. The van der Waals surface area contributed by atoms with Crippen LogP contribution in [0, 0.1) is 0 Å². The number of hydrogen-bond acceptors (Lipinski definition) is 2. The van der Waals surface area contributed by atoms with Crippen LogP contribution in [-0.2, 0) is 9.47 Å². The molecule has 0 amide bonds. The van der Waals surface area contributed by atoms with Crippen LogP contribution >= 0.6 is 0 Å². The molecule has 2 aliphatic heterocycles. The minimum Gasteiger partial charge on any atom is -0.494 e. The second-order valence-electron chi connectivity index (χ2n) is 2.83. The Morgan fingerprint density at radius 3 is 3.09 bits per heavy atom. The fraction of sp³-hybridized carbons (Fsp3) is 0.556. The molecule has 2 aliphatic rings. The SMILES string of the molecule is C1=CO[C@H](C2=CCCCO2)C1. The van der Waals surface area contributed by atoms with Crippen molar-refractivity contribution in [2.45, 2.75) is 25.4 Å². The van der Waals surface area contributed by atoms with Crippen LogP contribution in [-0.4, -0.2) is 12.7 Å². The molecule has 0 bridgehead atoms. The van der Waals surface area contributed by atoms with Gasteiger partial charge in [-0.15, -0.1) is 0 Å². The summed E-state index contributed by atoms with van der Waals surface area (Å²) in [7, 11) is 0. The fourth-order valence-electron chi connectivity index (χ4n) is 1.37. The summed E-state index contributed by atoms with van der Waals surface area (Å²) < 4.78 is 10.8. The Bertz CT molecular complexity index is 186. The molecule has 2 heterocycles. The number of ether oxygens (including phenoxy) is 2. The van der Waals surface area contributed by atoms with Gasteiger partial charge in [-0.05, 0) is 25.0 Å². The van der Waals surface area contributed by atoms with E-state index in [1.807, 2.05) is 6.08 Å². The van der Waals surface area contributed by atoms with Crippen molar-refractivity contribution in [1.29, 1.82) is 0 Å². The lowest BCUT2D eigenvalue weighted by Crippen LogP contribution is -2.15. The average molecular weight is 152 g/mol. The Kier molecular flexibility index (Phi) is 1.84. The lowest BCUT2D eigenvalue weighted by atomic mass is 10.1. The Morgan fingerprint density at radius 2 is 2.45 bits per heavy atom. The highest BCUT2D eigenvalue weighted by Gasteiger charge is 2.19. The third kappa shape index (κ3) is 1.39. The van der Waals surface area contributed by atoms with Gasteiger partial charge in [0.2, 0.25) is 0 Å². The van der Waals surface area contributed by atoms with Gasteiger partial charge in [-0.2, -0.15) is 0 Å². The molecule has 0 saturated carbocycles. The summed E-state index contributed by atoms with van der Waals surface area (Å²) in [6, 6.07) is 0. The van der Waals surface area contributed by atoms with Crippen LogP contribution < -0.4 is 0 Å². The van der Waals surface area contributed by atoms with Crippen LogP contribution in [0.25, 0.3) is 0 Å². The summed E-state index contributed by atoms with van der Waals surface area (Å²) >= 11 is 0. The molecule has 2 nitrogen and oxygen atoms in total. The molecule has 0 unspecified atom stereocenters. The predicted molar refractivity (Wildman–Crippen MR) is 41.9 cm³/mol. The second kappa shape index (κ2) is 2.99. The van der Waals surface area contributed by atoms with Crippen molar-refractivity contribution in [3.63, 3.8) is 0 Å². The van der Waals surface area contributed by atoms with Crippen molar-refractivity contribution >= 4 is 0 Å². The molecule has 0 aromatic rings. The highest BCUT2D eigenvalue weighted by Crippen LogP contribution is 2.22. The molecule has 2 rings (SSSR count). The molecule has 0 N–H and O–H groups in total. The monoisotopic (exact) mass is 152 g/mol. The zero-order valence-electron chi connectivity index (χ0n) is 6.45. The van der Waals surface area contributed by atoms with E-state index in [4.69, 9.17) is 9.47 Å². The molecule has 0 aliphatic carbocycles. The highest BCUT2D eigenvalue weighted by atomic mass is 16.5. The lowest BCUT2D eigenvalue weighted by molar-refractivity contribution is 0.0925. The summed E-state index contributed by atoms with van der Waals surface area (Å²) in [6.07, 6.45) is 9.34. The quantitative estimate of drug-likeness (QED) is 0.572. The van der Waals surface area contributed by atoms with Crippen LogP contribution in [0.15, 0.2) is 24.2 Å². The molecule has 0 fully saturated rings. The minimum atomic E-state index is 0.176. The normalized spacial score (nSPS) is 29.1. The first kappa shape index (κ1) is 6.77. The van der Waals surface area contributed by atoms with Gasteiger partial charge in [-0.3, -0.25) is 0 Å². The van der Waals surface area contributed by atoms with Crippen molar-refractivity contribution in [3.05, 3.63) is 24.2 Å². The smallest absolute Gasteiger partial charge is 0.158 e. The predicted octanol–water partition coefficient (Wildman–Crippen LogP) is 1.98. The first-order valence-corrected chi connectivity index (χ1v) is 4.10. The van der Waals surface area contributed by atoms with Gasteiger partial charge in [0, 0.05) is 6.42 Å². The van der Waals surface area contributed by atoms with Crippen LogP contribution in [0.3, 0.4) is 0 Å². The molecule has 60 valence electrons. The largest absolute Gasteiger partial charge is 0.494 e. The molecule has 0 saturated heterocycles. The first-order valence-electron chi connectivity index (χ1n) is 4.10. The zero-order chi connectivity index (χ0) is 7.52. The highest BCUT2D eigenvalue weighted by molar-refractivity contribution is 5.08. The minimum absolute atomic E-state index is 0.176. The Morgan fingerprint density at radius 1 is 1.45 bits per heavy atom. The molecule has 0 aromatic carbocycles. The van der Waals surface area contributed by atoms with Crippen molar-refractivity contribution in [2.24, 2.45) is 0 Å². The van der Waals surface area contributed by atoms with Crippen LogP contribution in [0.2, 0.25) is 0 Å². The molecule has 0 radical (unpaired) electrons. The molecule has 1 atom stereocenters. The van der Waals surface area contributed by atoms with E-state index in [0.29, 0.717) is 0 Å². The molecule has 0 aromatic heterocycles. The number of hydrogen-bond donors (Lipinski definition) is 0. The Labute approximate surface area is 66.5 Å². The van der Waals surface area contributed by atoms with E-state index >= 15 is 0 Å². The van der Waals surface area contributed by atoms with E-state index in [2.05, 4.69) is 6.08 Å². The van der Waals surface area contributed by atoms with Gasteiger partial charge in [0.25, 0.3) is 0 Å². The van der Waals surface area contributed by atoms with E-state index in [0.717, 1.165) is 31.6 Å². The van der Waals surface area contributed by atoms with Crippen molar-refractivity contribution in [3.8, 4) is 0 Å². The summed E-state index contributed by atoms with van der Waals surface area (Å²) in [5.74, 6) is 1.03. The van der Waals surface area contributed by atoms with Gasteiger partial charge in [0.15, 0.2) is 6.10 Å². The van der Waals surface area contributed by atoms with Gasteiger partial charge in [0.05, 0.1) is 12.9 Å². The van der Waals surface area contributed by atoms with E-state index < -0.39 is 0 Å². The van der Waals surface area contributed by atoms with Crippen molar-refractivity contribution < 1.29 is 9.47 Å². The fourth-order valence-corrected chi connectivity index (χ4v) is 1.37. The maximum absolute atomic E-state index is 5.46. The van der Waals surface area contributed by atoms with Gasteiger partial charge >= 0.3 is 0 Å². The molecule has 11 heavy (non-hydrogen) atoms. The van der Waals surface area contributed by atoms with Crippen molar-refractivity contribution in [2.75, 3.05) is 6.61 Å². The second-order valence-corrected chi connectivity index (χ2v) is 2.83. The third-order valence-corrected chi connectivity index (χ3v) is 1.97. The average Bonchev–Trinajstić information content (AvgIpc) is 2.58. The maximum atomic E-state index is 5.46. The first-order chi connectivity index (χ1) is 5.47. The zero-order valence-corrected chi connectivity index (χ0v) is 6.45. The Hall–Kier alpha value is -0.920. The van der Waals surface area contributed by atoms with Gasteiger partial charge in [0.1, 0.15) is 5.76 Å². The van der Waals surface area contributed by atoms with Gasteiger partial charge in [-0.1, -0.05) is 0 Å². The number of rotatable bonds is 1. The van der Waals surface area contributed by atoms with Crippen LogP contribution in [0.1, 0.15) is 19.3 Å². The maximum Gasteiger partial charge on any atom is 0.158 e. The third-order valence-electron chi connectivity index (χ3n) is 1.97. The topological polar surface area (TPSA) is 18.5 Å². The summed E-state index contributed by atoms with van der Waals surface area (Å²) in [5, 5.41) is 0. The van der Waals surface area contributed by atoms with Gasteiger partial charge < -0.3 is 9.47 Å². The van der Waals surface area contributed by atoms with E-state index in [-0.39, 0.29) is 6.10 Å². The lowest BCUT2D eigenvalue weighted by Gasteiger charge is -2.19. The summed E-state index contributed by atoms with van der Waals surface area (Å²) in [4.78, 5) is 0. The van der Waals surface area contributed by atoms with Crippen molar-refractivity contribution in [1.82, 2.24) is 0 Å². The molecule has 0 spiro atoms. The van der Waals surface area contributed by atoms with Crippen LogP contribution in [0.4, 0.5) is 0 Å². The molecular formula is C9H12O2. The van der Waals surface area contributed by atoms with E-state index in [1.54, 1.807) is 6.26 Å². The Balaban J connectivity index is 1.97. The number of allylic oxidation sites excluding steroid dienone is 1. The van der Waals surface area contributed by atoms with Crippen LogP contribution in [0.5, 0.6) is 0 Å². The van der Waals surface area contributed by atoms with E-state index in [1.165, 1.54) is 0 Å². The molecule has 2 heteroatoms. The molecular weight excluding hydrogens is 140 g/mol. The standard InChI is InChI=1S/C9H12O2/c1-2-6-10-8(4-1)9-5-3-7-11-9/h3-4,7,9H,1-2,5-6H2/t9-/m0/s1. The van der Waals surface area contributed by atoms with Gasteiger partial charge in [-0.25, -0.2) is 0 Å². The summed E-state index contributed by atoms with van der Waals surface area (Å²) in [6.45, 7) is 0.853.